The summed E-state index contributed by atoms with van der Waals surface area (Å²) in [5.41, 5.74) is 0.924. The van der Waals surface area contributed by atoms with Gasteiger partial charge in [0.05, 0.1) is 35.0 Å². The van der Waals surface area contributed by atoms with E-state index < -0.39 is 0 Å². The van der Waals surface area contributed by atoms with Crippen molar-refractivity contribution >= 4 is 29.1 Å². The molecule has 7 heteroatoms. The fraction of sp³-hybridized carbons (Fsp3) is 0.167. The predicted octanol–water partition coefficient (Wildman–Crippen LogP) is 2.92. The van der Waals surface area contributed by atoms with Gasteiger partial charge in [0.25, 0.3) is 5.91 Å². The quantitative estimate of drug-likeness (QED) is 0.943. The molecule has 0 saturated heterocycles. The highest BCUT2D eigenvalue weighted by molar-refractivity contribution is 6.42. The number of hydrogen-bond acceptors (Lipinski definition) is 4. The van der Waals surface area contributed by atoms with Crippen LogP contribution in [-0.4, -0.2) is 18.0 Å². The second kappa shape index (κ2) is 5.95. The van der Waals surface area contributed by atoms with Crippen LogP contribution >= 0.6 is 23.2 Å². The van der Waals surface area contributed by atoms with Crippen molar-refractivity contribution in [3.05, 3.63) is 46.1 Å². The predicted molar refractivity (Wildman–Crippen MR) is 70.7 cm³/mol. The molecule has 1 N–H and O–H groups in total. The van der Waals surface area contributed by atoms with E-state index in [2.05, 4.69) is 10.3 Å². The average Bonchev–Trinajstić information content (AvgIpc) is 2.91. The van der Waals surface area contributed by atoms with Crippen molar-refractivity contribution in [2.45, 2.75) is 6.54 Å². The monoisotopic (exact) mass is 300 g/mol. The maximum atomic E-state index is 12.0. The van der Waals surface area contributed by atoms with Crippen LogP contribution in [0.5, 0.6) is 5.75 Å². The van der Waals surface area contributed by atoms with Crippen LogP contribution in [0.1, 0.15) is 16.1 Å². The lowest BCUT2D eigenvalue weighted by atomic mass is 10.2. The zero-order valence-corrected chi connectivity index (χ0v) is 11.5. The normalized spacial score (nSPS) is 10.3. The van der Waals surface area contributed by atoms with E-state index in [4.69, 9.17) is 32.4 Å². The van der Waals surface area contributed by atoms with E-state index in [1.807, 2.05) is 0 Å². The van der Waals surface area contributed by atoms with Crippen molar-refractivity contribution in [1.82, 2.24) is 10.3 Å². The van der Waals surface area contributed by atoms with E-state index >= 15 is 0 Å². The second-order valence-electron chi connectivity index (χ2n) is 3.63. The van der Waals surface area contributed by atoms with Crippen LogP contribution in [0.15, 0.2) is 29.2 Å². The van der Waals surface area contributed by atoms with Crippen LogP contribution in [0.2, 0.25) is 10.0 Å². The largest absolute Gasteiger partial charge is 0.496 e. The van der Waals surface area contributed by atoms with Crippen molar-refractivity contribution in [3.63, 3.8) is 0 Å². The molecular weight excluding hydrogens is 291 g/mol. The molecule has 0 bridgehead atoms. The van der Waals surface area contributed by atoms with E-state index in [1.54, 1.807) is 0 Å². The number of carbonyl (C=O) groups is 1. The molecule has 1 heterocycles. The van der Waals surface area contributed by atoms with Crippen LogP contribution in [-0.2, 0) is 6.54 Å². The summed E-state index contributed by atoms with van der Waals surface area (Å²) in [6, 6.07) is 2.95. The van der Waals surface area contributed by atoms with E-state index in [1.165, 1.54) is 31.9 Å². The fourth-order valence-electron chi connectivity index (χ4n) is 1.47. The minimum atomic E-state index is -0.335. The zero-order valence-electron chi connectivity index (χ0n) is 9.94. The number of ether oxygens (including phenoxy) is 1. The lowest BCUT2D eigenvalue weighted by molar-refractivity contribution is 0.0947. The molecule has 0 spiro atoms. The van der Waals surface area contributed by atoms with Gasteiger partial charge in [0, 0.05) is 6.07 Å². The van der Waals surface area contributed by atoms with Gasteiger partial charge in [-0.3, -0.25) is 4.79 Å². The summed E-state index contributed by atoms with van der Waals surface area (Å²) in [6.45, 7) is 0.249. The van der Waals surface area contributed by atoms with Crippen LogP contribution in [0.4, 0.5) is 0 Å². The van der Waals surface area contributed by atoms with E-state index in [9.17, 15) is 4.79 Å². The Morgan fingerprint density at radius 1 is 1.42 bits per heavy atom. The molecule has 0 unspecified atom stereocenters. The van der Waals surface area contributed by atoms with Gasteiger partial charge in [-0.2, -0.15) is 0 Å². The summed E-state index contributed by atoms with van der Waals surface area (Å²) < 4.78 is 9.91. The Kier molecular flexibility index (Phi) is 4.29. The Morgan fingerprint density at radius 3 is 2.79 bits per heavy atom. The highest BCUT2D eigenvalue weighted by Gasteiger charge is 2.15. The lowest BCUT2D eigenvalue weighted by Crippen LogP contribution is -2.23. The molecule has 0 fully saturated rings. The second-order valence-corrected chi connectivity index (χ2v) is 4.44. The van der Waals surface area contributed by atoms with Crippen molar-refractivity contribution in [3.8, 4) is 5.75 Å². The number of amides is 1. The molecule has 0 saturated carbocycles. The number of nitrogens with one attached hydrogen (secondary N) is 1. The molecule has 2 rings (SSSR count). The first-order valence-corrected chi connectivity index (χ1v) is 6.05. The molecular formula is C12H10Cl2N2O3. The lowest BCUT2D eigenvalue weighted by Gasteiger charge is -2.10. The first kappa shape index (κ1) is 13.7. The summed E-state index contributed by atoms with van der Waals surface area (Å²) >= 11 is 11.8. The van der Waals surface area contributed by atoms with Crippen molar-refractivity contribution < 1.29 is 13.9 Å². The molecule has 0 atom stereocenters. The smallest absolute Gasteiger partial charge is 0.255 e. The van der Waals surface area contributed by atoms with Gasteiger partial charge >= 0.3 is 0 Å². The molecule has 1 aromatic carbocycles. The molecule has 5 nitrogen and oxygen atoms in total. The summed E-state index contributed by atoms with van der Waals surface area (Å²) in [4.78, 5) is 15.9. The van der Waals surface area contributed by atoms with Crippen LogP contribution < -0.4 is 10.1 Å². The van der Waals surface area contributed by atoms with E-state index in [0.717, 1.165) is 0 Å². The fourth-order valence-corrected chi connectivity index (χ4v) is 1.78. The summed E-state index contributed by atoms with van der Waals surface area (Å²) in [5.74, 6) is 0.0190. The number of aromatic nitrogens is 1. The first-order valence-electron chi connectivity index (χ1n) is 5.30. The number of carbonyl (C=O) groups excluding carboxylic acids is 1. The third kappa shape index (κ3) is 3.19. The summed E-state index contributed by atoms with van der Waals surface area (Å²) in [7, 11) is 1.45. The van der Waals surface area contributed by atoms with Crippen LogP contribution in [0.3, 0.4) is 0 Å². The number of hydrogen-bond donors (Lipinski definition) is 1. The number of oxazole rings is 1. The minimum absolute atomic E-state index is 0.249. The molecule has 19 heavy (non-hydrogen) atoms. The third-order valence-corrected chi connectivity index (χ3v) is 3.12. The molecule has 1 amide bonds. The topological polar surface area (TPSA) is 64.4 Å². The Balaban J connectivity index is 2.16. The SMILES string of the molecule is COc1cc(Cl)c(Cl)cc1C(=O)NCc1cocn1. The standard InChI is InChI=1S/C12H10Cl2N2O3/c1-18-11-3-10(14)9(13)2-8(11)12(17)15-4-7-5-19-6-16-7/h2-3,5-6H,4H2,1H3,(H,15,17). The Morgan fingerprint density at radius 2 is 2.16 bits per heavy atom. The van der Waals surface area contributed by atoms with E-state index in [0.29, 0.717) is 22.0 Å². The van der Waals surface area contributed by atoms with Gasteiger partial charge < -0.3 is 14.5 Å². The van der Waals surface area contributed by atoms with Gasteiger partial charge in [-0.25, -0.2) is 4.98 Å². The number of benzene rings is 1. The third-order valence-electron chi connectivity index (χ3n) is 2.40. The van der Waals surface area contributed by atoms with Crippen molar-refractivity contribution in [2.75, 3.05) is 7.11 Å². The highest BCUT2D eigenvalue weighted by Crippen LogP contribution is 2.30. The molecule has 2 aromatic rings. The minimum Gasteiger partial charge on any atom is -0.496 e. The summed E-state index contributed by atoms with van der Waals surface area (Å²) in [6.07, 6.45) is 2.74. The highest BCUT2D eigenvalue weighted by atomic mass is 35.5. The van der Waals surface area contributed by atoms with Gasteiger partial charge in [-0.1, -0.05) is 23.2 Å². The molecule has 0 radical (unpaired) electrons. The molecule has 0 aliphatic heterocycles. The van der Waals surface area contributed by atoms with Gasteiger partial charge in [-0.05, 0) is 6.07 Å². The average molecular weight is 301 g/mol. The number of halogens is 2. The maximum Gasteiger partial charge on any atom is 0.255 e. The van der Waals surface area contributed by atoms with Gasteiger partial charge in [0.2, 0.25) is 0 Å². The van der Waals surface area contributed by atoms with Gasteiger partial charge in [-0.15, -0.1) is 0 Å². The molecule has 0 aliphatic carbocycles. The number of methoxy groups -OCH3 is 1. The number of rotatable bonds is 4. The zero-order chi connectivity index (χ0) is 13.8. The van der Waals surface area contributed by atoms with Gasteiger partial charge in [0.1, 0.15) is 12.0 Å². The molecule has 1 aromatic heterocycles. The molecule has 0 aliphatic rings. The van der Waals surface area contributed by atoms with Crippen LogP contribution in [0, 0.1) is 0 Å². The molecule has 100 valence electrons. The van der Waals surface area contributed by atoms with Crippen LogP contribution in [0.25, 0.3) is 0 Å². The number of nitrogens with zero attached hydrogens (tertiary/aromatic N) is 1. The Labute approximate surface area is 119 Å². The van der Waals surface area contributed by atoms with Crippen molar-refractivity contribution in [1.29, 1.82) is 0 Å². The first-order chi connectivity index (χ1) is 9.11. The maximum absolute atomic E-state index is 12.0. The summed E-state index contributed by atoms with van der Waals surface area (Å²) in [5, 5.41) is 3.29. The Hall–Kier alpha value is -1.72. The van der Waals surface area contributed by atoms with Crippen molar-refractivity contribution in [2.24, 2.45) is 0 Å². The van der Waals surface area contributed by atoms with E-state index in [-0.39, 0.29) is 17.5 Å². The Bertz CT molecular complexity index is 585. The van der Waals surface area contributed by atoms with Gasteiger partial charge in [0.15, 0.2) is 6.39 Å².